The fraction of sp³-hybridized carbons (Fsp3) is 0.409. The van der Waals surface area contributed by atoms with E-state index in [4.69, 9.17) is 0 Å². The summed E-state index contributed by atoms with van der Waals surface area (Å²) in [6.07, 6.45) is 2.47. The summed E-state index contributed by atoms with van der Waals surface area (Å²) in [7, 11) is 0. The zero-order chi connectivity index (χ0) is 19.8. The van der Waals surface area contributed by atoms with Crippen LogP contribution in [0.25, 0.3) is 10.1 Å². The van der Waals surface area contributed by atoms with Crippen LogP contribution in [0.1, 0.15) is 28.3 Å². The van der Waals surface area contributed by atoms with E-state index in [1.165, 1.54) is 17.5 Å². The first-order valence-corrected chi connectivity index (χ1v) is 11.1. The molecule has 0 bridgehead atoms. The molecule has 0 spiro atoms. The van der Waals surface area contributed by atoms with Gasteiger partial charge in [-0.2, -0.15) is 0 Å². The molecule has 0 radical (unpaired) electrons. The summed E-state index contributed by atoms with van der Waals surface area (Å²) >= 11 is 1.58. The van der Waals surface area contributed by atoms with Crippen molar-refractivity contribution in [2.75, 3.05) is 49.1 Å². The van der Waals surface area contributed by atoms with Gasteiger partial charge in [0.25, 0.3) is 5.91 Å². The van der Waals surface area contributed by atoms with Gasteiger partial charge < -0.3 is 14.7 Å². The summed E-state index contributed by atoms with van der Waals surface area (Å²) in [5.74, 6) is 2.97. The third kappa shape index (κ3) is 3.67. The molecular formula is C22H25N5OS. The number of aromatic nitrogens is 2. The van der Waals surface area contributed by atoms with Crippen LogP contribution in [0.5, 0.6) is 0 Å². The summed E-state index contributed by atoms with van der Waals surface area (Å²) < 4.78 is 1.17. The molecule has 3 aromatic rings. The number of nitrogens with zero attached hydrogens (tertiary/aromatic N) is 5. The van der Waals surface area contributed by atoms with Crippen molar-refractivity contribution in [3.8, 4) is 0 Å². The second kappa shape index (κ2) is 7.63. The maximum Gasteiger partial charge on any atom is 0.264 e. The number of piperazine rings is 1. The van der Waals surface area contributed by atoms with Gasteiger partial charge in [-0.1, -0.05) is 18.2 Å². The average Bonchev–Trinajstić information content (AvgIpc) is 3.43. The molecule has 0 unspecified atom stereocenters. The van der Waals surface area contributed by atoms with Gasteiger partial charge in [0.1, 0.15) is 17.5 Å². The fourth-order valence-corrected chi connectivity index (χ4v) is 5.22. The number of anilines is 2. The van der Waals surface area contributed by atoms with Crippen LogP contribution >= 0.6 is 11.3 Å². The van der Waals surface area contributed by atoms with E-state index < -0.39 is 0 Å². The number of carbonyl (C=O) groups is 1. The van der Waals surface area contributed by atoms with E-state index in [2.05, 4.69) is 38.0 Å². The minimum Gasteiger partial charge on any atom is -0.356 e. The number of rotatable bonds is 3. The van der Waals surface area contributed by atoms with Crippen molar-refractivity contribution in [3.63, 3.8) is 0 Å². The number of hydrogen-bond acceptors (Lipinski definition) is 6. The molecule has 6 nitrogen and oxygen atoms in total. The number of aryl methyl sites for hydroxylation is 1. The molecule has 2 aromatic heterocycles. The van der Waals surface area contributed by atoms with Gasteiger partial charge in [0.15, 0.2) is 0 Å². The summed E-state index contributed by atoms with van der Waals surface area (Å²) in [6, 6.07) is 12.3. The molecule has 0 atom stereocenters. The standard InChI is InChI=1S/C22H25N5OS/c1-16-23-20(25-8-4-5-9-25)15-21(24-16)26-10-12-27(13-11-26)22(28)19-14-17-6-2-3-7-18(17)29-19/h2-3,6-7,14-15H,4-5,8-13H2,1H3. The molecule has 1 amide bonds. The Bertz CT molecular complexity index is 1000. The first-order chi connectivity index (χ1) is 14.2. The molecule has 0 aliphatic carbocycles. The average molecular weight is 408 g/mol. The van der Waals surface area contributed by atoms with Gasteiger partial charge in [-0.3, -0.25) is 4.79 Å². The fourth-order valence-electron chi connectivity index (χ4n) is 4.19. The summed E-state index contributed by atoms with van der Waals surface area (Å²) in [6.45, 7) is 7.15. The molecule has 150 valence electrons. The van der Waals surface area contributed by atoms with Crippen LogP contribution in [0.3, 0.4) is 0 Å². The molecular weight excluding hydrogens is 382 g/mol. The smallest absolute Gasteiger partial charge is 0.264 e. The molecule has 5 rings (SSSR count). The molecule has 7 heteroatoms. The van der Waals surface area contributed by atoms with Gasteiger partial charge in [-0.25, -0.2) is 9.97 Å². The Hall–Kier alpha value is -2.67. The highest BCUT2D eigenvalue weighted by Gasteiger charge is 2.25. The van der Waals surface area contributed by atoms with Gasteiger partial charge in [-0.15, -0.1) is 11.3 Å². The van der Waals surface area contributed by atoms with Crippen LogP contribution < -0.4 is 9.80 Å². The highest BCUT2D eigenvalue weighted by molar-refractivity contribution is 7.20. The number of hydrogen-bond donors (Lipinski definition) is 0. The normalized spacial score (nSPS) is 17.3. The SMILES string of the molecule is Cc1nc(N2CCCC2)cc(N2CCN(C(=O)c3cc4ccccc4s3)CC2)n1. The lowest BCUT2D eigenvalue weighted by molar-refractivity contribution is 0.0751. The van der Waals surface area contributed by atoms with E-state index in [1.807, 2.05) is 30.0 Å². The zero-order valence-corrected chi connectivity index (χ0v) is 17.5. The first kappa shape index (κ1) is 18.4. The van der Waals surface area contributed by atoms with E-state index in [0.717, 1.165) is 67.0 Å². The predicted octanol–water partition coefficient (Wildman–Crippen LogP) is 3.56. The van der Waals surface area contributed by atoms with Crippen LogP contribution in [0.15, 0.2) is 36.4 Å². The molecule has 2 aliphatic rings. The van der Waals surface area contributed by atoms with Crippen molar-refractivity contribution in [1.29, 1.82) is 0 Å². The summed E-state index contributed by atoms with van der Waals surface area (Å²) in [4.78, 5) is 29.7. The summed E-state index contributed by atoms with van der Waals surface area (Å²) in [5, 5.41) is 1.14. The number of amides is 1. The Labute approximate surface area is 174 Å². The molecule has 0 saturated carbocycles. The number of carbonyl (C=O) groups excluding carboxylic acids is 1. The summed E-state index contributed by atoms with van der Waals surface area (Å²) in [5.41, 5.74) is 0. The minimum absolute atomic E-state index is 0.141. The van der Waals surface area contributed by atoms with Crippen LogP contribution in [0, 0.1) is 6.92 Å². The lowest BCUT2D eigenvalue weighted by atomic mass is 10.2. The zero-order valence-electron chi connectivity index (χ0n) is 16.7. The Morgan fingerprint density at radius 3 is 2.24 bits per heavy atom. The topological polar surface area (TPSA) is 52.6 Å². The minimum atomic E-state index is 0.141. The van der Waals surface area contributed by atoms with E-state index >= 15 is 0 Å². The van der Waals surface area contributed by atoms with E-state index in [-0.39, 0.29) is 5.91 Å². The Morgan fingerprint density at radius 1 is 0.897 bits per heavy atom. The van der Waals surface area contributed by atoms with Crippen molar-refractivity contribution in [2.45, 2.75) is 19.8 Å². The maximum absolute atomic E-state index is 13.0. The van der Waals surface area contributed by atoms with E-state index in [1.54, 1.807) is 11.3 Å². The van der Waals surface area contributed by atoms with Crippen molar-refractivity contribution >= 4 is 39.0 Å². The number of benzene rings is 1. The van der Waals surface area contributed by atoms with Gasteiger partial charge in [-0.05, 0) is 37.3 Å². The first-order valence-electron chi connectivity index (χ1n) is 10.3. The molecule has 1 aromatic carbocycles. The quantitative estimate of drug-likeness (QED) is 0.664. The largest absolute Gasteiger partial charge is 0.356 e. The third-order valence-corrected chi connectivity index (χ3v) is 6.87. The monoisotopic (exact) mass is 407 g/mol. The third-order valence-electron chi connectivity index (χ3n) is 5.77. The van der Waals surface area contributed by atoms with Gasteiger partial charge >= 0.3 is 0 Å². The van der Waals surface area contributed by atoms with E-state index in [9.17, 15) is 4.79 Å². The molecule has 2 aliphatic heterocycles. The van der Waals surface area contributed by atoms with Crippen LogP contribution in [0.2, 0.25) is 0 Å². The van der Waals surface area contributed by atoms with Crippen molar-refractivity contribution in [1.82, 2.24) is 14.9 Å². The number of fused-ring (bicyclic) bond motifs is 1. The number of thiophene rings is 1. The Balaban J connectivity index is 1.28. The highest BCUT2D eigenvalue weighted by atomic mass is 32.1. The van der Waals surface area contributed by atoms with Crippen LogP contribution in [-0.2, 0) is 0 Å². The predicted molar refractivity (Wildman–Crippen MR) is 118 cm³/mol. The van der Waals surface area contributed by atoms with Gasteiger partial charge in [0.05, 0.1) is 4.88 Å². The van der Waals surface area contributed by atoms with Crippen molar-refractivity contribution in [2.24, 2.45) is 0 Å². The second-order valence-corrected chi connectivity index (χ2v) is 8.84. The molecule has 4 heterocycles. The Morgan fingerprint density at radius 2 is 1.55 bits per heavy atom. The molecule has 0 N–H and O–H groups in total. The van der Waals surface area contributed by atoms with Gasteiger partial charge in [0.2, 0.25) is 0 Å². The van der Waals surface area contributed by atoms with Crippen LogP contribution in [-0.4, -0.2) is 60.0 Å². The van der Waals surface area contributed by atoms with Crippen molar-refractivity contribution < 1.29 is 4.79 Å². The van der Waals surface area contributed by atoms with Gasteiger partial charge in [0, 0.05) is 50.0 Å². The van der Waals surface area contributed by atoms with E-state index in [0.29, 0.717) is 0 Å². The highest BCUT2D eigenvalue weighted by Crippen LogP contribution is 2.27. The Kier molecular flexibility index (Phi) is 4.83. The molecule has 29 heavy (non-hydrogen) atoms. The van der Waals surface area contributed by atoms with Crippen molar-refractivity contribution in [3.05, 3.63) is 47.1 Å². The maximum atomic E-state index is 13.0. The second-order valence-electron chi connectivity index (χ2n) is 7.75. The molecule has 2 fully saturated rings. The van der Waals surface area contributed by atoms with Crippen LogP contribution in [0.4, 0.5) is 11.6 Å². The molecule has 2 saturated heterocycles. The lowest BCUT2D eigenvalue weighted by Gasteiger charge is -2.35. The lowest BCUT2D eigenvalue weighted by Crippen LogP contribution is -2.49.